The van der Waals surface area contributed by atoms with Crippen LogP contribution in [-0.4, -0.2) is 42.2 Å². The van der Waals surface area contributed by atoms with Gasteiger partial charge in [-0.15, -0.1) is 11.3 Å². The number of nitrogens with one attached hydrogen (secondary N) is 1. The molecule has 1 aromatic heterocycles. The van der Waals surface area contributed by atoms with Crippen molar-refractivity contribution < 1.29 is 28.6 Å². The molecule has 0 aliphatic carbocycles. The van der Waals surface area contributed by atoms with Crippen LogP contribution < -0.4 is 11.1 Å². The Morgan fingerprint density at radius 2 is 1.76 bits per heavy atom. The molecule has 3 heterocycles. The van der Waals surface area contributed by atoms with Crippen molar-refractivity contribution in [2.75, 3.05) is 18.5 Å². The number of rotatable bonds is 4. The van der Waals surface area contributed by atoms with Gasteiger partial charge in [0.1, 0.15) is 5.00 Å². The maximum absolute atomic E-state index is 13.2. The fourth-order valence-corrected chi connectivity index (χ4v) is 5.50. The zero-order valence-corrected chi connectivity index (χ0v) is 18.3. The average Bonchev–Trinajstić information content (AvgIpc) is 2.92. The van der Waals surface area contributed by atoms with Crippen LogP contribution in [0.1, 0.15) is 68.3 Å². The molecule has 160 valence electrons. The van der Waals surface area contributed by atoms with E-state index in [-0.39, 0.29) is 12.8 Å². The van der Waals surface area contributed by atoms with Crippen LogP contribution in [0.15, 0.2) is 0 Å². The molecule has 0 radical (unpaired) electrons. The van der Waals surface area contributed by atoms with Gasteiger partial charge < -0.3 is 25.3 Å². The number of primary amides is 1. The monoisotopic (exact) mass is 424 g/mol. The summed E-state index contributed by atoms with van der Waals surface area (Å²) < 4.78 is 16.9. The van der Waals surface area contributed by atoms with Crippen LogP contribution in [0, 0.1) is 0 Å². The molecular formula is C20H28N2O6S. The normalized spacial score (nSPS) is 21.7. The third-order valence-electron chi connectivity index (χ3n) is 5.21. The highest BCUT2D eigenvalue weighted by molar-refractivity contribution is 7.17. The lowest BCUT2D eigenvalue weighted by Crippen LogP contribution is -2.50. The fourth-order valence-electron chi connectivity index (χ4n) is 4.24. The number of nitrogens with two attached hydrogens (primary N) is 1. The molecule has 1 saturated heterocycles. The lowest BCUT2D eigenvalue weighted by molar-refractivity contribution is -0.173. The Morgan fingerprint density at radius 3 is 2.31 bits per heavy atom. The second-order valence-electron chi connectivity index (χ2n) is 8.68. The number of fused-ring (bicyclic) bond motifs is 1. The SMILES string of the molecule is CC(=O)OC1(C(=O)Nc2sc3c(c2C(N)=O)CC(C)(C)OC3(C)C)CCOCC1. The Labute approximate surface area is 174 Å². The number of hydrogen-bond donors (Lipinski definition) is 2. The quantitative estimate of drug-likeness (QED) is 0.717. The lowest BCUT2D eigenvalue weighted by Gasteiger charge is -2.41. The first-order valence-corrected chi connectivity index (χ1v) is 10.4. The molecule has 0 spiro atoms. The molecule has 1 aromatic rings. The first-order chi connectivity index (χ1) is 13.4. The summed E-state index contributed by atoms with van der Waals surface area (Å²) in [4.78, 5) is 38.0. The van der Waals surface area contributed by atoms with Gasteiger partial charge in [-0.25, -0.2) is 0 Å². The van der Waals surface area contributed by atoms with E-state index in [0.29, 0.717) is 30.2 Å². The van der Waals surface area contributed by atoms with E-state index in [1.54, 1.807) is 0 Å². The van der Waals surface area contributed by atoms with Crippen molar-refractivity contribution in [3.63, 3.8) is 0 Å². The van der Waals surface area contributed by atoms with Crippen LogP contribution in [-0.2, 0) is 35.8 Å². The molecule has 29 heavy (non-hydrogen) atoms. The first kappa shape index (κ1) is 21.7. The van der Waals surface area contributed by atoms with Gasteiger partial charge in [0.2, 0.25) is 0 Å². The molecule has 2 amide bonds. The van der Waals surface area contributed by atoms with Crippen LogP contribution in [0.5, 0.6) is 0 Å². The molecule has 3 rings (SSSR count). The summed E-state index contributed by atoms with van der Waals surface area (Å²) in [5.74, 6) is -1.63. The van der Waals surface area contributed by atoms with E-state index in [4.69, 9.17) is 19.9 Å². The molecule has 1 fully saturated rings. The molecule has 0 bridgehead atoms. The van der Waals surface area contributed by atoms with Crippen LogP contribution >= 0.6 is 11.3 Å². The number of hydrogen-bond acceptors (Lipinski definition) is 7. The predicted octanol–water partition coefficient (Wildman–Crippen LogP) is 2.48. The summed E-state index contributed by atoms with van der Waals surface area (Å²) in [6.45, 7) is 9.65. The van der Waals surface area contributed by atoms with Crippen molar-refractivity contribution >= 4 is 34.1 Å². The molecule has 9 heteroatoms. The van der Waals surface area contributed by atoms with Crippen LogP contribution in [0.4, 0.5) is 5.00 Å². The number of esters is 1. The van der Waals surface area contributed by atoms with E-state index in [9.17, 15) is 14.4 Å². The number of anilines is 1. The highest BCUT2D eigenvalue weighted by atomic mass is 32.1. The molecule has 2 aliphatic heterocycles. The van der Waals surface area contributed by atoms with E-state index in [2.05, 4.69) is 5.32 Å². The van der Waals surface area contributed by atoms with Crippen LogP contribution in [0.2, 0.25) is 0 Å². The molecule has 3 N–H and O–H groups in total. The highest BCUT2D eigenvalue weighted by Gasteiger charge is 2.46. The van der Waals surface area contributed by atoms with Gasteiger partial charge in [-0.05, 0) is 33.3 Å². The third-order valence-corrected chi connectivity index (χ3v) is 6.67. The minimum absolute atomic E-state index is 0.247. The molecule has 0 atom stereocenters. The minimum atomic E-state index is -1.32. The highest BCUT2D eigenvalue weighted by Crippen LogP contribution is 2.48. The summed E-state index contributed by atoms with van der Waals surface area (Å²) in [6.07, 6.45) is 0.993. The van der Waals surface area contributed by atoms with Crippen molar-refractivity contribution in [3.05, 3.63) is 16.0 Å². The molecule has 0 saturated carbocycles. The maximum Gasteiger partial charge on any atom is 0.303 e. The molecular weight excluding hydrogens is 396 g/mol. The number of carbonyl (C=O) groups is 3. The van der Waals surface area contributed by atoms with Crippen LogP contribution in [0.25, 0.3) is 0 Å². The zero-order valence-electron chi connectivity index (χ0n) is 17.5. The predicted molar refractivity (Wildman–Crippen MR) is 108 cm³/mol. The summed E-state index contributed by atoms with van der Waals surface area (Å²) in [6, 6.07) is 0. The Hall–Kier alpha value is -1.97. The third kappa shape index (κ3) is 4.17. The molecule has 8 nitrogen and oxygen atoms in total. The van der Waals surface area contributed by atoms with Gasteiger partial charge in [0, 0.05) is 31.1 Å². The van der Waals surface area contributed by atoms with E-state index < -0.39 is 34.6 Å². The number of ether oxygens (including phenoxy) is 3. The maximum atomic E-state index is 13.2. The van der Waals surface area contributed by atoms with E-state index in [1.165, 1.54) is 18.3 Å². The fraction of sp³-hybridized carbons (Fsp3) is 0.650. The van der Waals surface area contributed by atoms with Gasteiger partial charge in [-0.2, -0.15) is 0 Å². The Bertz CT molecular complexity index is 851. The number of thiophene rings is 1. The second-order valence-corrected chi connectivity index (χ2v) is 9.70. The molecule has 2 aliphatic rings. The van der Waals surface area contributed by atoms with Gasteiger partial charge in [0.15, 0.2) is 5.60 Å². The van der Waals surface area contributed by atoms with Crippen LogP contribution in [0.3, 0.4) is 0 Å². The second kappa shape index (κ2) is 7.37. The number of amides is 2. The summed E-state index contributed by atoms with van der Waals surface area (Å²) in [7, 11) is 0. The smallest absolute Gasteiger partial charge is 0.303 e. The van der Waals surface area contributed by atoms with E-state index >= 15 is 0 Å². The van der Waals surface area contributed by atoms with Gasteiger partial charge in [0.25, 0.3) is 11.8 Å². The van der Waals surface area contributed by atoms with Gasteiger partial charge in [-0.3, -0.25) is 14.4 Å². The number of carbonyl (C=O) groups excluding carboxylic acids is 3. The topological polar surface area (TPSA) is 117 Å². The largest absolute Gasteiger partial charge is 0.449 e. The standard InChI is InChI=1S/C20H28N2O6S/c1-11(23)27-20(6-8-26-9-7-20)17(25)22-16-13(15(21)24)12-10-18(2,3)28-19(4,5)14(12)29-16/h6-10H2,1-5H3,(H2,21,24)(H,22,25). The molecule has 0 aromatic carbocycles. The lowest BCUT2D eigenvalue weighted by atomic mass is 9.86. The minimum Gasteiger partial charge on any atom is -0.449 e. The first-order valence-electron chi connectivity index (χ1n) is 9.62. The summed E-state index contributed by atoms with van der Waals surface area (Å²) in [5.41, 5.74) is 4.35. The summed E-state index contributed by atoms with van der Waals surface area (Å²) >= 11 is 1.28. The zero-order chi connectivity index (χ0) is 21.6. The van der Waals surface area contributed by atoms with Crippen molar-refractivity contribution in [2.24, 2.45) is 5.73 Å². The Morgan fingerprint density at radius 1 is 1.14 bits per heavy atom. The van der Waals surface area contributed by atoms with Crippen molar-refractivity contribution in [1.29, 1.82) is 0 Å². The van der Waals surface area contributed by atoms with Crippen molar-refractivity contribution in [1.82, 2.24) is 0 Å². The van der Waals surface area contributed by atoms with E-state index in [0.717, 1.165) is 10.4 Å². The Kier molecular flexibility index (Phi) is 5.53. The Balaban J connectivity index is 2.01. The average molecular weight is 425 g/mol. The van der Waals surface area contributed by atoms with Gasteiger partial charge in [0.05, 0.1) is 30.0 Å². The van der Waals surface area contributed by atoms with Gasteiger partial charge in [-0.1, -0.05) is 0 Å². The van der Waals surface area contributed by atoms with Crippen molar-refractivity contribution in [3.8, 4) is 0 Å². The van der Waals surface area contributed by atoms with Gasteiger partial charge >= 0.3 is 5.97 Å². The van der Waals surface area contributed by atoms with E-state index in [1.807, 2.05) is 27.7 Å². The molecule has 0 unspecified atom stereocenters. The summed E-state index contributed by atoms with van der Waals surface area (Å²) in [5, 5.41) is 3.18. The van der Waals surface area contributed by atoms with Crippen molar-refractivity contribution in [2.45, 2.75) is 70.7 Å².